The first-order valence-corrected chi connectivity index (χ1v) is 8.86. The lowest BCUT2D eigenvalue weighted by atomic mass is 10.1. The molecule has 3 aromatic heterocycles. The zero-order valence-electron chi connectivity index (χ0n) is 13.0. The first-order chi connectivity index (χ1) is 12.3. The quantitative estimate of drug-likeness (QED) is 0.435. The van der Waals surface area contributed by atoms with Crippen LogP contribution in [-0.2, 0) is 0 Å². The number of nitrogens with zero attached hydrogens (tertiary/aromatic N) is 2. The predicted molar refractivity (Wildman–Crippen MR) is 104 cm³/mol. The van der Waals surface area contributed by atoms with Crippen LogP contribution < -0.4 is 5.56 Å². The molecule has 0 spiro atoms. The summed E-state index contributed by atoms with van der Waals surface area (Å²) in [7, 11) is 0. The van der Waals surface area contributed by atoms with Gasteiger partial charge < -0.3 is 4.98 Å². The third-order valence-corrected chi connectivity index (χ3v) is 5.79. The molecule has 0 aliphatic carbocycles. The summed E-state index contributed by atoms with van der Waals surface area (Å²) < 4.78 is 2.68. The minimum atomic E-state index is -0.0157. The third-order valence-electron chi connectivity index (χ3n) is 4.77. The smallest absolute Gasteiger partial charge is 0.266 e. The highest BCUT2D eigenvalue weighted by atomic mass is 32.1. The monoisotopic (exact) mass is 341 g/mol. The molecule has 0 saturated carbocycles. The number of para-hydroxylation sites is 3. The number of nitrogens with one attached hydrogen (secondary N) is 1. The summed E-state index contributed by atoms with van der Waals surface area (Å²) in [5.74, 6) is 0. The van der Waals surface area contributed by atoms with Crippen molar-refractivity contribution in [1.29, 1.82) is 0 Å². The average molecular weight is 341 g/mol. The molecule has 4 nitrogen and oxygen atoms in total. The number of imidazole rings is 1. The highest BCUT2D eigenvalue weighted by molar-refractivity contribution is 7.23. The zero-order valence-corrected chi connectivity index (χ0v) is 13.8. The number of fused-ring (bicyclic) bond motifs is 7. The fourth-order valence-electron chi connectivity index (χ4n) is 3.62. The van der Waals surface area contributed by atoms with Crippen LogP contribution in [0.3, 0.4) is 0 Å². The van der Waals surface area contributed by atoms with Gasteiger partial charge in [-0.05, 0) is 30.3 Å². The Kier molecular flexibility index (Phi) is 2.35. The SMILES string of the molecule is O=c1c2cc3[nH]c4ccccc4c3cc2sc2nc3ccccc3n12. The van der Waals surface area contributed by atoms with Crippen LogP contribution >= 0.6 is 11.3 Å². The molecule has 25 heavy (non-hydrogen) atoms. The second-order valence-corrected chi connectivity index (χ2v) is 7.20. The van der Waals surface area contributed by atoms with Crippen LogP contribution in [0.15, 0.2) is 65.5 Å². The van der Waals surface area contributed by atoms with Gasteiger partial charge in [-0.25, -0.2) is 9.38 Å². The number of hydrogen-bond donors (Lipinski definition) is 1. The Bertz CT molecular complexity index is 1520. The van der Waals surface area contributed by atoms with Crippen molar-refractivity contribution in [3.63, 3.8) is 0 Å². The summed E-state index contributed by atoms with van der Waals surface area (Å²) in [6, 6.07) is 20.0. The van der Waals surface area contributed by atoms with Gasteiger partial charge >= 0.3 is 0 Å². The molecule has 0 aliphatic rings. The standard InChI is InChI=1S/C20H11N3OS/c24-19-13-9-16-12(11-5-1-2-6-14(11)21-16)10-18(13)25-20-22-15-7-3-4-8-17(15)23(19)20/h1-10,21H. The molecule has 0 unspecified atom stereocenters. The molecule has 3 aromatic carbocycles. The van der Waals surface area contributed by atoms with Crippen molar-refractivity contribution in [3.8, 4) is 0 Å². The van der Waals surface area contributed by atoms with Crippen LogP contribution in [0.5, 0.6) is 0 Å². The Morgan fingerprint density at radius 2 is 1.72 bits per heavy atom. The summed E-state index contributed by atoms with van der Waals surface area (Å²) >= 11 is 1.56. The maximum Gasteiger partial charge on any atom is 0.266 e. The molecule has 6 rings (SSSR count). The summed E-state index contributed by atoms with van der Waals surface area (Å²) in [6.45, 7) is 0. The fraction of sp³-hybridized carbons (Fsp3) is 0. The van der Waals surface area contributed by atoms with Gasteiger partial charge in [-0.2, -0.15) is 0 Å². The number of aromatic nitrogens is 3. The van der Waals surface area contributed by atoms with Crippen molar-refractivity contribution in [2.24, 2.45) is 0 Å². The molecule has 0 radical (unpaired) electrons. The maximum absolute atomic E-state index is 13.1. The van der Waals surface area contributed by atoms with E-state index >= 15 is 0 Å². The van der Waals surface area contributed by atoms with Gasteiger partial charge in [-0.1, -0.05) is 41.7 Å². The predicted octanol–water partition coefficient (Wildman–Crippen LogP) is 4.70. The molecule has 0 bridgehead atoms. The highest BCUT2D eigenvalue weighted by Gasteiger charge is 2.13. The fourth-order valence-corrected chi connectivity index (χ4v) is 4.66. The van der Waals surface area contributed by atoms with E-state index in [1.54, 1.807) is 15.7 Å². The highest BCUT2D eigenvalue weighted by Crippen LogP contribution is 2.31. The Hall–Kier alpha value is -3.18. The second-order valence-electron chi connectivity index (χ2n) is 6.19. The zero-order chi connectivity index (χ0) is 16.5. The normalized spacial score (nSPS) is 12.2. The average Bonchev–Trinajstić information content (AvgIpc) is 3.18. The molecule has 118 valence electrons. The van der Waals surface area contributed by atoms with E-state index in [1.165, 1.54) is 5.39 Å². The summed E-state index contributed by atoms with van der Waals surface area (Å²) in [6.07, 6.45) is 0. The number of hydrogen-bond acceptors (Lipinski definition) is 3. The molecule has 0 fully saturated rings. The molecule has 0 saturated heterocycles. The van der Waals surface area contributed by atoms with Crippen LogP contribution in [0, 0.1) is 0 Å². The molecule has 3 heterocycles. The Morgan fingerprint density at radius 3 is 2.68 bits per heavy atom. The molecule has 0 atom stereocenters. The number of rotatable bonds is 0. The van der Waals surface area contributed by atoms with Crippen molar-refractivity contribution in [2.75, 3.05) is 0 Å². The van der Waals surface area contributed by atoms with Crippen LogP contribution in [-0.4, -0.2) is 14.4 Å². The lowest BCUT2D eigenvalue weighted by Crippen LogP contribution is -2.11. The van der Waals surface area contributed by atoms with E-state index in [4.69, 9.17) is 0 Å². The van der Waals surface area contributed by atoms with Gasteiger partial charge in [-0.3, -0.25) is 4.79 Å². The van der Waals surface area contributed by atoms with Gasteiger partial charge in [0.15, 0.2) is 4.96 Å². The molecule has 0 amide bonds. The van der Waals surface area contributed by atoms with Gasteiger partial charge in [0, 0.05) is 26.5 Å². The Morgan fingerprint density at radius 1 is 0.880 bits per heavy atom. The Balaban J connectivity index is 1.86. The lowest BCUT2D eigenvalue weighted by Gasteiger charge is -2.00. The molecule has 6 aromatic rings. The lowest BCUT2D eigenvalue weighted by molar-refractivity contribution is 1.20. The van der Waals surface area contributed by atoms with E-state index in [0.29, 0.717) is 0 Å². The van der Waals surface area contributed by atoms with Gasteiger partial charge in [0.1, 0.15) is 0 Å². The maximum atomic E-state index is 13.1. The van der Waals surface area contributed by atoms with Crippen LogP contribution in [0.1, 0.15) is 0 Å². The van der Waals surface area contributed by atoms with E-state index in [-0.39, 0.29) is 5.56 Å². The van der Waals surface area contributed by atoms with Gasteiger partial charge in [-0.15, -0.1) is 0 Å². The summed E-state index contributed by atoms with van der Waals surface area (Å²) in [4.78, 5) is 21.9. The molecule has 5 heteroatoms. The van der Waals surface area contributed by atoms with Crippen molar-refractivity contribution >= 4 is 59.2 Å². The number of H-pyrrole nitrogens is 1. The minimum absolute atomic E-state index is 0.0157. The van der Waals surface area contributed by atoms with Gasteiger partial charge in [0.05, 0.1) is 16.4 Å². The van der Waals surface area contributed by atoms with E-state index in [0.717, 1.165) is 42.5 Å². The molecular formula is C20H11N3OS. The number of benzene rings is 3. The second kappa shape index (κ2) is 4.46. The molecular weight excluding hydrogens is 330 g/mol. The first-order valence-electron chi connectivity index (χ1n) is 8.04. The first kappa shape index (κ1) is 13.1. The number of aromatic amines is 1. The Labute approximate surface area is 145 Å². The van der Waals surface area contributed by atoms with Gasteiger partial charge in [0.2, 0.25) is 0 Å². The summed E-state index contributed by atoms with van der Waals surface area (Å²) in [5, 5.41) is 3.03. The van der Waals surface area contributed by atoms with Crippen molar-refractivity contribution in [2.45, 2.75) is 0 Å². The minimum Gasteiger partial charge on any atom is -0.354 e. The van der Waals surface area contributed by atoms with Crippen molar-refractivity contribution < 1.29 is 0 Å². The van der Waals surface area contributed by atoms with E-state index < -0.39 is 0 Å². The van der Waals surface area contributed by atoms with E-state index in [2.05, 4.69) is 28.2 Å². The van der Waals surface area contributed by atoms with Crippen molar-refractivity contribution in [1.82, 2.24) is 14.4 Å². The van der Waals surface area contributed by atoms with Crippen LogP contribution in [0.2, 0.25) is 0 Å². The largest absolute Gasteiger partial charge is 0.354 e. The van der Waals surface area contributed by atoms with Crippen LogP contribution in [0.4, 0.5) is 0 Å². The topological polar surface area (TPSA) is 50.2 Å². The third kappa shape index (κ3) is 1.65. The molecule has 0 aliphatic heterocycles. The van der Waals surface area contributed by atoms with E-state index in [9.17, 15) is 4.79 Å². The van der Waals surface area contributed by atoms with Crippen LogP contribution in [0.25, 0.3) is 47.9 Å². The van der Waals surface area contributed by atoms with E-state index in [1.807, 2.05) is 42.5 Å². The van der Waals surface area contributed by atoms with Crippen molar-refractivity contribution in [3.05, 3.63) is 71.0 Å². The summed E-state index contributed by atoms with van der Waals surface area (Å²) in [5.41, 5.74) is 3.76. The van der Waals surface area contributed by atoms with Gasteiger partial charge in [0.25, 0.3) is 5.56 Å². The molecule has 1 N–H and O–H groups in total.